The fourth-order valence-corrected chi connectivity index (χ4v) is 4.89. The van der Waals surface area contributed by atoms with Gasteiger partial charge in [0.05, 0.1) is 36.1 Å². The van der Waals surface area contributed by atoms with Gasteiger partial charge in [0.25, 0.3) is 12.3 Å². The van der Waals surface area contributed by atoms with E-state index in [1.807, 2.05) is 19.1 Å². The van der Waals surface area contributed by atoms with E-state index >= 15 is 0 Å². The van der Waals surface area contributed by atoms with Crippen LogP contribution in [0.4, 0.5) is 20.2 Å². The highest BCUT2D eigenvalue weighted by molar-refractivity contribution is 6.18. The summed E-state index contributed by atoms with van der Waals surface area (Å²) in [4.78, 5) is 21.1. The summed E-state index contributed by atoms with van der Waals surface area (Å²) in [5, 5.41) is 23.2. The Labute approximate surface area is 195 Å². The number of likely N-dealkylation sites (tertiary alicyclic amines) is 1. The van der Waals surface area contributed by atoms with Gasteiger partial charge in [0, 0.05) is 55.8 Å². The molecule has 4 aliphatic heterocycles. The highest BCUT2D eigenvalue weighted by Gasteiger charge is 2.52. The van der Waals surface area contributed by atoms with Crippen molar-refractivity contribution in [3.63, 3.8) is 0 Å². The molecule has 0 radical (unpaired) electrons. The summed E-state index contributed by atoms with van der Waals surface area (Å²) in [7, 11) is 0. The van der Waals surface area contributed by atoms with Crippen LogP contribution < -0.4 is 20.3 Å². The van der Waals surface area contributed by atoms with Crippen molar-refractivity contribution >= 4 is 29.7 Å². The summed E-state index contributed by atoms with van der Waals surface area (Å²) in [5.74, 6) is 0.394. The largest absolute Gasteiger partial charge is 0.484 e. The van der Waals surface area contributed by atoms with Crippen LogP contribution in [0.1, 0.15) is 12.5 Å². The molecule has 1 aromatic rings. The van der Waals surface area contributed by atoms with Crippen LogP contribution in [0.25, 0.3) is 0 Å². The van der Waals surface area contributed by atoms with Gasteiger partial charge in [-0.05, 0) is 19.1 Å². The lowest BCUT2D eigenvalue weighted by atomic mass is 9.84. The van der Waals surface area contributed by atoms with E-state index in [9.17, 15) is 18.7 Å². The second kappa shape index (κ2) is 8.48. The zero-order valence-electron chi connectivity index (χ0n) is 18.6. The number of ether oxygens (including phenoxy) is 1. The van der Waals surface area contributed by atoms with E-state index in [1.54, 1.807) is 17.2 Å². The Kier molecular flexibility index (Phi) is 5.61. The topological polar surface area (TPSA) is 113 Å². The second-order valence-electron chi connectivity index (χ2n) is 9.14. The van der Waals surface area contributed by atoms with Crippen molar-refractivity contribution in [2.75, 3.05) is 36.5 Å². The Morgan fingerprint density at radius 3 is 2.88 bits per heavy atom. The molecule has 9 nitrogen and oxygen atoms in total. The maximum Gasteiger partial charge on any atom is 0.261 e. The quantitative estimate of drug-likeness (QED) is 0.353. The molecule has 0 spiro atoms. The molecule has 180 valence electrons. The highest BCUT2D eigenvalue weighted by atomic mass is 19.3. The number of aliphatic imine (C=N–C) groups is 1. The van der Waals surface area contributed by atoms with E-state index < -0.39 is 17.9 Å². The number of rotatable bonds is 7. The van der Waals surface area contributed by atoms with Crippen molar-refractivity contribution < 1.29 is 23.4 Å². The standard InChI is InChI=1S/C23H26F2N6O3/c1-23(12-32)7-13-5-15(29-22(33)14(8-26)21-27-3-2-4-28-21)16(6-19(13)34-23)31-10-17-18(31)9-30(17)11-20(24)25/h2-6,8,17-18,20,26-27,32H,7,9-12H2,1H3,(H,29,33)/b21-14-,26-8?/t17?,18-,23-/m0/s1. The lowest BCUT2D eigenvalue weighted by molar-refractivity contribution is -0.112. The molecule has 0 aromatic heterocycles. The second-order valence-corrected chi connectivity index (χ2v) is 9.14. The number of fused-ring (bicyclic) bond motifs is 2. The van der Waals surface area contributed by atoms with Gasteiger partial charge in [0.1, 0.15) is 17.2 Å². The molecule has 3 atom stereocenters. The van der Waals surface area contributed by atoms with E-state index in [-0.39, 0.29) is 36.6 Å². The number of amides is 1. The summed E-state index contributed by atoms with van der Waals surface area (Å²) < 4.78 is 31.6. The lowest BCUT2D eigenvalue weighted by Crippen LogP contribution is -2.79. The zero-order chi connectivity index (χ0) is 24.0. The first kappa shape index (κ1) is 22.5. The van der Waals surface area contributed by atoms with Gasteiger partial charge in [-0.3, -0.25) is 9.69 Å². The van der Waals surface area contributed by atoms with Crippen LogP contribution in [-0.2, 0) is 11.2 Å². The number of carbonyl (C=O) groups excluding carboxylic acids is 1. The van der Waals surface area contributed by atoms with Gasteiger partial charge in [-0.1, -0.05) is 0 Å². The third-order valence-electron chi connectivity index (χ3n) is 6.73. The number of hydrogen-bond donors (Lipinski definition) is 4. The summed E-state index contributed by atoms with van der Waals surface area (Å²) in [6, 6.07) is 3.81. The molecular formula is C23H26F2N6O3. The maximum absolute atomic E-state index is 13.1. The molecule has 1 unspecified atom stereocenters. The van der Waals surface area contributed by atoms with Gasteiger partial charge in [0.2, 0.25) is 0 Å². The summed E-state index contributed by atoms with van der Waals surface area (Å²) >= 11 is 0. The van der Waals surface area contributed by atoms with Crippen molar-refractivity contribution in [1.82, 2.24) is 10.2 Å². The van der Waals surface area contributed by atoms with Gasteiger partial charge >= 0.3 is 0 Å². The minimum absolute atomic E-state index is 0.0567. The van der Waals surface area contributed by atoms with E-state index in [2.05, 4.69) is 20.5 Å². The Balaban J connectivity index is 1.43. The molecule has 2 fully saturated rings. The number of anilines is 2. The number of halogens is 2. The van der Waals surface area contributed by atoms with Crippen LogP contribution in [-0.4, -0.2) is 78.7 Å². The Bertz CT molecular complexity index is 1120. The smallest absolute Gasteiger partial charge is 0.261 e. The minimum atomic E-state index is -2.37. The van der Waals surface area contributed by atoms with E-state index in [0.717, 1.165) is 17.5 Å². The average molecular weight is 472 g/mol. The van der Waals surface area contributed by atoms with Crippen LogP contribution in [0.5, 0.6) is 5.75 Å². The third-order valence-corrected chi connectivity index (χ3v) is 6.73. The van der Waals surface area contributed by atoms with Crippen molar-refractivity contribution in [1.29, 1.82) is 5.41 Å². The van der Waals surface area contributed by atoms with Gasteiger partial charge < -0.3 is 30.8 Å². The van der Waals surface area contributed by atoms with Crippen LogP contribution in [0, 0.1) is 5.41 Å². The SMILES string of the molecule is C[C@@]1(CO)Cc2cc(NC(=O)/C(C=N)=C3\N=CC=CN3)c(N3CC4[C@@H]3CN4CC(F)F)cc2O1. The first-order valence-corrected chi connectivity index (χ1v) is 11.1. The summed E-state index contributed by atoms with van der Waals surface area (Å²) in [6.45, 7) is 2.51. The molecule has 4 heterocycles. The first-order valence-electron chi connectivity index (χ1n) is 11.1. The molecule has 2 saturated heterocycles. The minimum Gasteiger partial charge on any atom is -0.484 e. The number of aliphatic hydroxyl groups is 1. The fourth-order valence-electron chi connectivity index (χ4n) is 4.89. The molecule has 0 aliphatic carbocycles. The predicted octanol–water partition coefficient (Wildman–Crippen LogP) is 1.50. The molecule has 0 saturated carbocycles. The average Bonchev–Trinajstić information content (AvgIpc) is 3.13. The number of aliphatic hydroxyl groups excluding tert-OH is 1. The van der Waals surface area contributed by atoms with Crippen molar-refractivity contribution in [2.45, 2.75) is 37.5 Å². The Hall–Kier alpha value is -3.31. The van der Waals surface area contributed by atoms with E-state index in [0.29, 0.717) is 30.9 Å². The van der Waals surface area contributed by atoms with Crippen LogP contribution in [0.3, 0.4) is 0 Å². The lowest BCUT2D eigenvalue weighted by Gasteiger charge is -2.63. The fraction of sp³-hybridized carbons (Fsp3) is 0.435. The van der Waals surface area contributed by atoms with E-state index in [1.165, 1.54) is 6.21 Å². The molecule has 11 heteroatoms. The highest BCUT2D eigenvalue weighted by Crippen LogP contribution is 2.46. The molecule has 34 heavy (non-hydrogen) atoms. The number of allylic oxidation sites excluding steroid dienone is 1. The summed E-state index contributed by atoms with van der Waals surface area (Å²) in [5.41, 5.74) is 1.43. The Morgan fingerprint density at radius 1 is 1.44 bits per heavy atom. The number of nitrogens with zero attached hydrogens (tertiary/aromatic N) is 3. The molecule has 5 rings (SSSR count). The van der Waals surface area contributed by atoms with Gasteiger partial charge in [-0.15, -0.1) is 0 Å². The first-order chi connectivity index (χ1) is 16.3. The molecule has 0 bridgehead atoms. The van der Waals surface area contributed by atoms with Gasteiger partial charge in [-0.2, -0.15) is 0 Å². The molecule has 1 amide bonds. The van der Waals surface area contributed by atoms with E-state index in [4.69, 9.17) is 10.1 Å². The van der Waals surface area contributed by atoms with Crippen LogP contribution >= 0.6 is 0 Å². The third kappa shape index (κ3) is 3.84. The molecule has 1 aromatic carbocycles. The number of hydrogen-bond acceptors (Lipinski definition) is 8. The van der Waals surface area contributed by atoms with Crippen LogP contribution in [0.15, 0.2) is 40.8 Å². The predicted molar refractivity (Wildman–Crippen MR) is 124 cm³/mol. The normalized spacial score (nSPS) is 28.3. The van der Waals surface area contributed by atoms with Gasteiger partial charge in [-0.25, -0.2) is 13.8 Å². The maximum atomic E-state index is 13.1. The van der Waals surface area contributed by atoms with Crippen molar-refractivity contribution in [3.8, 4) is 5.75 Å². The Morgan fingerprint density at radius 2 is 2.26 bits per heavy atom. The number of alkyl halides is 2. The monoisotopic (exact) mass is 472 g/mol. The number of benzene rings is 1. The molecule has 4 N–H and O–H groups in total. The van der Waals surface area contributed by atoms with Crippen molar-refractivity contribution in [3.05, 3.63) is 41.4 Å². The zero-order valence-corrected chi connectivity index (χ0v) is 18.6. The number of carbonyl (C=O) groups is 1. The van der Waals surface area contributed by atoms with Gasteiger partial charge in [0.15, 0.2) is 0 Å². The molecular weight excluding hydrogens is 446 g/mol. The number of piperazine rings is 1. The number of nitrogens with one attached hydrogen (secondary N) is 3. The van der Waals surface area contributed by atoms with Crippen molar-refractivity contribution in [2.24, 2.45) is 4.99 Å². The van der Waals surface area contributed by atoms with Crippen LogP contribution in [0.2, 0.25) is 0 Å². The summed E-state index contributed by atoms with van der Waals surface area (Å²) in [6.07, 6.45) is 3.88. The molecule has 4 aliphatic rings.